The molecular weight excluding hydrogens is 328 g/mol. The van der Waals surface area contributed by atoms with Gasteiger partial charge in [-0.1, -0.05) is 15.9 Å². The highest BCUT2D eigenvalue weighted by Gasteiger charge is 2.09. The van der Waals surface area contributed by atoms with Gasteiger partial charge in [-0.15, -0.1) is 11.3 Å². The van der Waals surface area contributed by atoms with Crippen LogP contribution in [0.3, 0.4) is 0 Å². The van der Waals surface area contributed by atoms with Crippen LogP contribution in [0.5, 0.6) is 0 Å². The molecule has 14 heavy (non-hydrogen) atoms. The monoisotopic (exact) mass is 332 g/mol. The van der Waals surface area contributed by atoms with Crippen LogP contribution in [-0.2, 0) is 5.33 Å². The van der Waals surface area contributed by atoms with Crippen LogP contribution in [-0.4, -0.2) is 6.29 Å². The topological polar surface area (TPSA) is 17.1 Å². The van der Waals surface area contributed by atoms with Gasteiger partial charge >= 0.3 is 0 Å². The Morgan fingerprint density at radius 1 is 1.50 bits per heavy atom. The van der Waals surface area contributed by atoms with Crippen LogP contribution in [0.25, 0.3) is 10.1 Å². The average molecular weight is 334 g/mol. The molecule has 0 bridgehead atoms. The Hall–Kier alpha value is -0.190. The highest BCUT2D eigenvalue weighted by Crippen LogP contribution is 2.34. The number of thiophene rings is 1. The van der Waals surface area contributed by atoms with E-state index in [1.54, 1.807) is 11.3 Å². The number of carbonyl (C=O) groups excluding carboxylic acids is 1. The maximum absolute atomic E-state index is 10.8. The summed E-state index contributed by atoms with van der Waals surface area (Å²) in [6, 6.07) is 4.00. The van der Waals surface area contributed by atoms with Crippen LogP contribution < -0.4 is 0 Å². The van der Waals surface area contributed by atoms with Gasteiger partial charge in [-0.25, -0.2) is 0 Å². The molecule has 1 heterocycles. The van der Waals surface area contributed by atoms with E-state index in [4.69, 9.17) is 0 Å². The van der Waals surface area contributed by atoms with Crippen molar-refractivity contribution in [1.82, 2.24) is 0 Å². The lowest BCUT2D eigenvalue weighted by molar-refractivity contribution is 0.112. The molecule has 1 aromatic carbocycles. The maximum atomic E-state index is 10.8. The van der Waals surface area contributed by atoms with Gasteiger partial charge in [-0.3, -0.25) is 4.79 Å². The van der Waals surface area contributed by atoms with E-state index in [0.29, 0.717) is 0 Å². The molecule has 0 radical (unpaired) electrons. The summed E-state index contributed by atoms with van der Waals surface area (Å²) in [5.74, 6) is 0. The Morgan fingerprint density at radius 2 is 2.29 bits per heavy atom. The molecule has 2 aromatic rings. The van der Waals surface area contributed by atoms with Crippen molar-refractivity contribution in [3.63, 3.8) is 0 Å². The molecule has 0 fully saturated rings. The molecule has 0 aliphatic heterocycles. The molecule has 1 aromatic heterocycles. The summed E-state index contributed by atoms with van der Waals surface area (Å²) in [5.41, 5.74) is 1.88. The second kappa shape index (κ2) is 4.13. The molecule has 4 heteroatoms. The van der Waals surface area contributed by atoms with E-state index in [-0.39, 0.29) is 0 Å². The zero-order valence-electron chi connectivity index (χ0n) is 7.09. The van der Waals surface area contributed by atoms with Gasteiger partial charge in [-0.2, -0.15) is 0 Å². The summed E-state index contributed by atoms with van der Waals surface area (Å²) >= 11 is 8.52. The molecule has 0 aliphatic rings. The van der Waals surface area contributed by atoms with Crippen LogP contribution in [0.15, 0.2) is 22.0 Å². The van der Waals surface area contributed by atoms with E-state index in [0.717, 1.165) is 31.9 Å². The minimum Gasteiger partial charge on any atom is -0.298 e. The van der Waals surface area contributed by atoms with Crippen molar-refractivity contribution >= 4 is 59.6 Å². The van der Waals surface area contributed by atoms with Crippen molar-refractivity contribution in [2.45, 2.75) is 5.33 Å². The summed E-state index contributed by atoms with van der Waals surface area (Å²) < 4.78 is 2.05. The first-order valence-corrected chi connectivity index (χ1v) is 6.77. The smallest absolute Gasteiger partial charge is 0.151 e. The third-order valence-electron chi connectivity index (χ3n) is 2.06. The van der Waals surface area contributed by atoms with E-state index in [2.05, 4.69) is 37.9 Å². The lowest BCUT2D eigenvalue weighted by atomic mass is 10.1. The van der Waals surface area contributed by atoms with E-state index >= 15 is 0 Å². The highest BCUT2D eigenvalue weighted by molar-refractivity contribution is 9.10. The van der Waals surface area contributed by atoms with Gasteiger partial charge in [0.1, 0.15) is 0 Å². The molecule has 0 saturated heterocycles. The average Bonchev–Trinajstić information content (AvgIpc) is 2.68. The standard InChI is InChI=1S/C10H6Br2OS/c11-4-6-3-7(5-13)9(12)10-8(6)1-2-14-10/h1-3,5H,4H2. The normalized spacial score (nSPS) is 10.7. The van der Waals surface area contributed by atoms with Gasteiger partial charge < -0.3 is 0 Å². The second-order valence-electron chi connectivity index (χ2n) is 2.85. The Kier molecular flexibility index (Phi) is 3.04. The van der Waals surface area contributed by atoms with Crippen molar-refractivity contribution < 1.29 is 4.79 Å². The molecule has 0 spiro atoms. The SMILES string of the molecule is O=Cc1cc(CBr)c2ccsc2c1Br. The maximum Gasteiger partial charge on any atom is 0.151 e. The van der Waals surface area contributed by atoms with Gasteiger partial charge in [0.25, 0.3) is 0 Å². The highest BCUT2D eigenvalue weighted by atomic mass is 79.9. The van der Waals surface area contributed by atoms with Gasteiger partial charge in [0, 0.05) is 20.1 Å². The number of carbonyl (C=O) groups is 1. The van der Waals surface area contributed by atoms with Crippen molar-refractivity contribution in [3.8, 4) is 0 Å². The number of hydrogen-bond donors (Lipinski definition) is 0. The van der Waals surface area contributed by atoms with E-state index < -0.39 is 0 Å². The fraction of sp³-hybridized carbons (Fsp3) is 0.100. The Labute approximate surface area is 102 Å². The van der Waals surface area contributed by atoms with Crippen LogP contribution in [0.4, 0.5) is 0 Å². The zero-order chi connectivity index (χ0) is 10.1. The molecule has 0 amide bonds. The first kappa shape index (κ1) is 10.3. The van der Waals surface area contributed by atoms with Gasteiger partial charge in [0.15, 0.2) is 6.29 Å². The Balaban J connectivity index is 2.86. The summed E-state index contributed by atoms with van der Waals surface area (Å²) in [6.07, 6.45) is 0.884. The predicted molar refractivity (Wildman–Crippen MR) is 67.5 cm³/mol. The largest absolute Gasteiger partial charge is 0.298 e. The molecule has 72 valence electrons. The van der Waals surface area contributed by atoms with E-state index in [9.17, 15) is 4.79 Å². The lowest BCUT2D eigenvalue weighted by Crippen LogP contribution is -1.87. The van der Waals surface area contributed by atoms with E-state index in [1.807, 2.05) is 11.4 Å². The molecule has 1 nitrogen and oxygen atoms in total. The van der Waals surface area contributed by atoms with Crippen LogP contribution in [0.1, 0.15) is 15.9 Å². The lowest BCUT2D eigenvalue weighted by Gasteiger charge is -2.03. The minimum absolute atomic E-state index is 0.717. The number of halogens is 2. The van der Waals surface area contributed by atoms with Crippen LogP contribution in [0.2, 0.25) is 0 Å². The second-order valence-corrected chi connectivity index (χ2v) is 5.12. The molecule has 0 aliphatic carbocycles. The van der Waals surface area contributed by atoms with Crippen LogP contribution >= 0.6 is 43.2 Å². The van der Waals surface area contributed by atoms with Crippen molar-refractivity contribution in [3.05, 3.63) is 33.1 Å². The quantitative estimate of drug-likeness (QED) is 0.589. The third-order valence-corrected chi connectivity index (χ3v) is 4.72. The summed E-state index contributed by atoms with van der Waals surface area (Å²) in [5, 5.41) is 4.02. The first-order valence-electron chi connectivity index (χ1n) is 3.97. The van der Waals surface area contributed by atoms with Crippen molar-refractivity contribution in [1.29, 1.82) is 0 Å². The number of hydrogen-bond acceptors (Lipinski definition) is 2. The first-order chi connectivity index (χ1) is 6.77. The number of aldehydes is 1. The molecule has 2 rings (SSSR count). The summed E-state index contributed by atoms with van der Waals surface area (Å²) in [7, 11) is 0. The number of fused-ring (bicyclic) bond motifs is 1. The zero-order valence-corrected chi connectivity index (χ0v) is 11.1. The van der Waals surface area contributed by atoms with Gasteiger partial charge in [0.2, 0.25) is 0 Å². The van der Waals surface area contributed by atoms with Gasteiger partial charge in [0.05, 0.1) is 0 Å². The summed E-state index contributed by atoms with van der Waals surface area (Å²) in [6.45, 7) is 0. The number of rotatable bonds is 2. The molecule has 0 unspecified atom stereocenters. The molecular formula is C10H6Br2OS. The minimum atomic E-state index is 0.717. The van der Waals surface area contributed by atoms with Crippen molar-refractivity contribution in [2.75, 3.05) is 0 Å². The predicted octanol–water partition coefficient (Wildman–Crippen LogP) is 4.37. The fourth-order valence-electron chi connectivity index (χ4n) is 1.39. The molecule has 0 N–H and O–H groups in total. The Morgan fingerprint density at radius 3 is 2.93 bits per heavy atom. The Bertz CT molecular complexity index is 490. The molecule has 0 atom stereocenters. The van der Waals surface area contributed by atoms with Crippen LogP contribution in [0, 0.1) is 0 Å². The van der Waals surface area contributed by atoms with Crippen molar-refractivity contribution in [2.24, 2.45) is 0 Å². The number of alkyl halides is 1. The number of benzene rings is 1. The third kappa shape index (κ3) is 1.55. The summed E-state index contributed by atoms with van der Waals surface area (Å²) in [4.78, 5) is 10.8. The van der Waals surface area contributed by atoms with E-state index in [1.165, 1.54) is 5.39 Å². The van der Waals surface area contributed by atoms with Gasteiger partial charge in [-0.05, 0) is 44.4 Å². The molecule has 0 saturated carbocycles. The fourth-order valence-corrected chi connectivity index (χ4v) is 3.44.